The SMILES string of the molecule is COC(=O)c1ccc2c(c1)c(Cl)nn2C(F)F. The van der Waals surface area contributed by atoms with E-state index in [4.69, 9.17) is 11.6 Å². The van der Waals surface area contributed by atoms with Gasteiger partial charge in [0.15, 0.2) is 5.15 Å². The van der Waals surface area contributed by atoms with Crippen molar-refractivity contribution in [2.24, 2.45) is 0 Å². The van der Waals surface area contributed by atoms with Gasteiger partial charge in [0.05, 0.1) is 18.2 Å². The second-order valence-electron chi connectivity index (χ2n) is 3.24. The van der Waals surface area contributed by atoms with E-state index >= 15 is 0 Å². The van der Waals surface area contributed by atoms with Gasteiger partial charge in [-0.25, -0.2) is 9.48 Å². The molecule has 1 aromatic heterocycles. The summed E-state index contributed by atoms with van der Waals surface area (Å²) in [6.45, 7) is -2.78. The first kappa shape index (κ1) is 11.8. The molecule has 0 aliphatic carbocycles. The van der Waals surface area contributed by atoms with Crippen LogP contribution < -0.4 is 0 Å². The second kappa shape index (κ2) is 4.29. The minimum Gasteiger partial charge on any atom is -0.465 e. The van der Waals surface area contributed by atoms with E-state index in [9.17, 15) is 13.6 Å². The number of rotatable bonds is 2. The molecule has 4 nitrogen and oxygen atoms in total. The number of fused-ring (bicyclic) bond motifs is 1. The lowest BCUT2D eigenvalue weighted by Gasteiger charge is -2.01. The zero-order valence-electron chi connectivity index (χ0n) is 8.65. The Bertz CT molecular complexity index is 583. The van der Waals surface area contributed by atoms with Gasteiger partial charge in [-0.3, -0.25) is 0 Å². The molecule has 0 aliphatic heterocycles. The van der Waals surface area contributed by atoms with E-state index < -0.39 is 12.5 Å². The molecule has 0 unspecified atom stereocenters. The van der Waals surface area contributed by atoms with Crippen molar-refractivity contribution in [1.82, 2.24) is 9.78 Å². The molecule has 0 N–H and O–H groups in total. The fourth-order valence-corrected chi connectivity index (χ4v) is 1.73. The van der Waals surface area contributed by atoms with Gasteiger partial charge in [-0.2, -0.15) is 13.9 Å². The van der Waals surface area contributed by atoms with Crippen molar-refractivity contribution in [3.8, 4) is 0 Å². The lowest BCUT2D eigenvalue weighted by Crippen LogP contribution is -2.02. The predicted octanol–water partition coefficient (Wildman–Crippen LogP) is 2.87. The largest absolute Gasteiger partial charge is 0.465 e. The minimum atomic E-state index is -2.78. The number of hydrogen-bond donors (Lipinski definition) is 0. The molecule has 90 valence electrons. The molecule has 17 heavy (non-hydrogen) atoms. The Morgan fingerprint density at radius 1 is 1.53 bits per heavy atom. The van der Waals surface area contributed by atoms with Crippen LogP contribution in [0.1, 0.15) is 16.9 Å². The Balaban J connectivity index is 2.63. The first-order valence-corrected chi connectivity index (χ1v) is 4.96. The molecule has 0 fully saturated rings. The third kappa shape index (κ3) is 1.95. The number of nitrogens with zero attached hydrogens (tertiary/aromatic N) is 2. The number of carbonyl (C=O) groups excluding carboxylic acids is 1. The van der Waals surface area contributed by atoms with Crippen LogP contribution in [0.4, 0.5) is 8.78 Å². The highest BCUT2D eigenvalue weighted by Crippen LogP contribution is 2.27. The quantitative estimate of drug-likeness (QED) is 0.780. The van der Waals surface area contributed by atoms with E-state index in [1.54, 1.807) is 0 Å². The van der Waals surface area contributed by atoms with Gasteiger partial charge in [0.25, 0.3) is 0 Å². The van der Waals surface area contributed by atoms with E-state index in [0.29, 0.717) is 4.68 Å². The zero-order valence-corrected chi connectivity index (χ0v) is 9.41. The van der Waals surface area contributed by atoms with Crippen molar-refractivity contribution >= 4 is 28.5 Å². The highest BCUT2D eigenvalue weighted by atomic mass is 35.5. The number of esters is 1. The maximum atomic E-state index is 12.6. The Kier molecular flexibility index (Phi) is 2.97. The third-order valence-corrected chi connectivity index (χ3v) is 2.55. The summed E-state index contributed by atoms with van der Waals surface area (Å²) in [6, 6.07) is 4.10. The number of ether oxygens (including phenoxy) is 1. The van der Waals surface area contributed by atoms with Crippen molar-refractivity contribution in [2.45, 2.75) is 6.55 Å². The second-order valence-corrected chi connectivity index (χ2v) is 3.59. The first-order chi connectivity index (χ1) is 8.04. The Labute approximate surface area is 99.7 Å². The van der Waals surface area contributed by atoms with E-state index in [-0.39, 0.29) is 21.6 Å². The summed E-state index contributed by atoms with van der Waals surface area (Å²) in [6.07, 6.45) is 0. The lowest BCUT2D eigenvalue weighted by atomic mass is 10.1. The van der Waals surface area contributed by atoms with E-state index in [1.165, 1.54) is 25.3 Å². The highest BCUT2D eigenvalue weighted by Gasteiger charge is 2.17. The Morgan fingerprint density at radius 3 is 2.82 bits per heavy atom. The predicted molar refractivity (Wildman–Crippen MR) is 57.3 cm³/mol. The molecule has 2 rings (SSSR count). The molecule has 0 atom stereocenters. The van der Waals surface area contributed by atoms with E-state index in [2.05, 4.69) is 9.84 Å². The number of alkyl halides is 2. The fourth-order valence-electron chi connectivity index (χ4n) is 1.50. The molecule has 0 radical (unpaired) electrons. The monoisotopic (exact) mass is 260 g/mol. The molecule has 0 amide bonds. The van der Waals surface area contributed by atoms with E-state index in [1.807, 2.05) is 0 Å². The summed E-state index contributed by atoms with van der Waals surface area (Å²) in [4.78, 5) is 11.3. The summed E-state index contributed by atoms with van der Waals surface area (Å²) in [7, 11) is 1.23. The number of benzene rings is 1. The molecule has 0 bridgehead atoms. The van der Waals surface area contributed by atoms with Gasteiger partial charge in [-0.1, -0.05) is 11.6 Å². The average Bonchev–Trinajstić information content (AvgIpc) is 2.65. The highest BCUT2D eigenvalue weighted by molar-refractivity contribution is 6.34. The van der Waals surface area contributed by atoms with Crippen LogP contribution in [0, 0.1) is 0 Å². The first-order valence-electron chi connectivity index (χ1n) is 4.59. The maximum absolute atomic E-state index is 12.6. The average molecular weight is 261 g/mol. The normalized spacial score (nSPS) is 11.1. The molecule has 0 saturated heterocycles. The van der Waals surface area contributed by atoms with E-state index in [0.717, 1.165) is 0 Å². The number of carbonyl (C=O) groups is 1. The van der Waals surface area contributed by atoms with Gasteiger partial charge >= 0.3 is 12.5 Å². The van der Waals surface area contributed by atoms with Crippen LogP contribution in [-0.4, -0.2) is 22.9 Å². The molecule has 0 aliphatic rings. The summed E-state index contributed by atoms with van der Waals surface area (Å²) >= 11 is 5.72. The minimum absolute atomic E-state index is 0.0777. The molecule has 0 saturated carbocycles. The Morgan fingerprint density at radius 2 is 2.24 bits per heavy atom. The molecule has 7 heteroatoms. The number of methoxy groups -OCH3 is 1. The van der Waals surface area contributed by atoms with Crippen molar-refractivity contribution < 1.29 is 18.3 Å². The van der Waals surface area contributed by atoms with Crippen molar-refractivity contribution in [3.05, 3.63) is 28.9 Å². The summed E-state index contributed by atoms with van der Waals surface area (Å²) in [5.74, 6) is -0.562. The van der Waals surface area contributed by atoms with Crippen LogP contribution in [0.3, 0.4) is 0 Å². The van der Waals surface area contributed by atoms with Gasteiger partial charge in [0.1, 0.15) is 0 Å². The van der Waals surface area contributed by atoms with Crippen LogP contribution >= 0.6 is 11.6 Å². The van der Waals surface area contributed by atoms with Gasteiger partial charge in [0, 0.05) is 5.39 Å². The molecule has 1 aromatic carbocycles. The van der Waals surface area contributed by atoms with Crippen molar-refractivity contribution in [1.29, 1.82) is 0 Å². The molecule has 0 spiro atoms. The van der Waals surface area contributed by atoms with Gasteiger partial charge in [0.2, 0.25) is 0 Å². The van der Waals surface area contributed by atoms with Crippen molar-refractivity contribution in [3.63, 3.8) is 0 Å². The van der Waals surface area contributed by atoms with Crippen LogP contribution in [-0.2, 0) is 4.74 Å². The maximum Gasteiger partial charge on any atom is 0.337 e. The number of halogens is 3. The van der Waals surface area contributed by atoms with Crippen LogP contribution in [0.15, 0.2) is 18.2 Å². The topological polar surface area (TPSA) is 44.1 Å². The molecular weight excluding hydrogens is 254 g/mol. The lowest BCUT2D eigenvalue weighted by molar-refractivity contribution is 0.0600. The number of aromatic nitrogens is 2. The number of hydrogen-bond acceptors (Lipinski definition) is 3. The van der Waals surface area contributed by atoms with Crippen molar-refractivity contribution in [2.75, 3.05) is 7.11 Å². The summed E-state index contributed by atoms with van der Waals surface area (Å²) < 4.78 is 30.2. The van der Waals surface area contributed by atoms with Gasteiger partial charge < -0.3 is 4.74 Å². The Hall–Kier alpha value is -1.69. The van der Waals surface area contributed by atoms with Crippen LogP contribution in [0.5, 0.6) is 0 Å². The smallest absolute Gasteiger partial charge is 0.337 e. The summed E-state index contributed by atoms with van der Waals surface area (Å²) in [5.41, 5.74) is 0.397. The van der Waals surface area contributed by atoms with Crippen LogP contribution in [0.25, 0.3) is 10.9 Å². The zero-order chi connectivity index (χ0) is 12.6. The standard InChI is InChI=1S/C10H7ClF2N2O2/c1-17-9(16)5-2-3-7-6(4-5)8(11)14-15(7)10(12)13/h2-4,10H,1H3. The van der Waals surface area contributed by atoms with Crippen LogP contribution in [0.2, 0.25) is 5.15 Å². The molecule has 1 heterocycles. The van der Waals surface area contributed by atoms with Gasteiger partial charge in [-0.05, 0) is 18.2 Å². The molecule has 2 aromatic rings. The third-order valence-electron chi connectivity index (χ3n) is 2.27. The fraction of sp³-hybridized carbons (Fsp3) is 0.200. The molecular formula is C10H7ClF2N2O2. The summed E-state index contributed by atoms with van der Waals surface area (Å²) in [5, 5.41) is 3.70. The van der Waals surface area contributed by atoms with Gasteiger partial charge in [-0.15, -0.1) is 0 Å².